The van der Waals surface area contributed by atoms with Crippen LogP contribution in [0.2, 0.25) is 0 Å². The van der Waals surface area contributed by atoms with E-state index < -0.39 is 41.0 Å². The van der Waals surface area contributed by atoms with Crippen molar-refractivity contribution in [2.75, 3.05) is 14.2 Å². The smallest absolute Gasteiger partial charge is 0.177 e. The molecule has 2 aliphatic carbocycles. The molecule has 41 heavy (non-hydrogen) atoms. The van der Waals surface area contributed by atoms with E-state index in [1.54, 1.807) is 61.5 Å². The first-order valence-electron chi connectivity index (χ1n) is 13.5. The van der Waals surface area contributed by atoms with Gasteiger partial charge < -0.3 is 24.4 Å². The number of phenolic OH excluding ortho intramolecular Hbond substituents is 1. The van der Waals surface area contributed by atoms with Crippen molar-refractivity contribution < 1.29 is 38.8 Å². The maximum absolute atomic E-state index is 14.3. The molecule has 1 aliphatic heterocycles. The minimum absolute atomic E-state index is 0.0326. The van der Waals surface area contributed by atoms with Gasteiger partial charge in [-0.15, -0.1) is 0 Å². The lowest BCUT2D eigenvalue weighted by Gasteiger charge is -2.57. The number of hydrogen-bond acceptors (Lipinski definition) is 8. The molecule has 3 aliphatic rings. The van der Waals surface area contributed by atoms with Gasteiger partial charge in [0.15, 0.2) is 23.0 Å². The Kier molecular flexibility index (Phi) is 6.46. The van der Waals surface area contributed by atoms with Gasteiger partial charge in [0.1, 0.15) is 35.0 Å². The maximum atomic E-state index is 14.3. The topological polar surface area (TPSA) is 119 Å². The number of aliphatic hydroxyl groups is 1. The molecule has 0 saturated heterocycles. The lowest BCUT2D eigenvalue weighted by molar-refractivity contribution is -0.181. The Morgan fingerprint density at radius 1 is 1.00 bits per heavy atom. The summed E-state index contributed by atoms with van der Waals surface area (Å²) in [6, 6.07) is 19.0. The lowest BCUT2D eigenvalue weighted by atomic mass is 9.53. The summed E-state index contributed by atoms with van der Waals surface area (Å²) in [5, 5.41) is 22.9. The third-order valence-electron chi connectivity index (χ3n) is 8.76. The van der Waals surface area contributed by atoms with Crippen molar-refractivity contribution in [2.45, 2.75) is 37.4 Å². The van der Waals surface area contributed by atoms with E-state index in [9.17, 15) is 24.6 Å². The van der Waals surface area contributed by atoms with Crippen LogP contribution in [0.4, 0.5) is 0 Å². The van der Waals surface area contributed by atoms with E-state index in [1.165, 1.54) is 20.3 Å². The summed E-state index contributed by atoms with van der Waals surface area (Å²) < 4.78 is 18.0. The van der Waals surface area contributed by atoms with Gasteiger partial charge in [0.25, 0.3) is 0 Å². The molecular weight excluding hydrogens is 524 g/mol. The van der Waals surface area contributed by atoms with Crippen LogP contribution in [0.1, 0.15) is 45.8 Å². The highest BCUT2D eigenvalue weighted by Crippen LogP contribution is 2.63. The summed E-state index contributed by atoms with van der Waals surface area (Å²) in [6.45, 7) is 1.67. The standard InChI is InChI=1S/C33H30O8/c1-17-22(35)16-23-24(30(17)39-2)25-26-29(37)27(33(41-23,32(25)38)19-12-8-5-9-13-19)28(36)20(31(26)40-3)14-15-21(34)18-10-6-4-7-11-18/h4-13,16,25-27,32,35,38H,14-15H2,1-3H3/t25-,26-,27-,32-,33+/m1/s1. The number of hydrogen-bond donors (Lipinski definition) is 2. The molecule has 1 saturated carbocycles. The highest BCUT2D eigenvalue weighted by atomic mass is 16.5. The second kappa shape index (κ2) is 9.89. The number of benzene rings is 3. The summed E-state index contributed by atoms with van der Waals surface area (Å²) in [6.07, 6.45) is -1.25. The number of phenols is 1. The van der Waals surface area contributed by atoms with Gasteiger partial charge in [-0.1, -0.05) is 60.7 Å². The highest BCUT2D eigenvalue weighted by Gasteiger charge is 2.70. The van der Waals surface area contributed by atoms with E-state index in [2.05, 4.69) is 0 Å². The Morgan fingerprint density at radius 2 is 1.66 bits per heavy atom. The molecule has 0 spiro atoms. The van der Waals surface area contributed by atoms with E-state index in [0.717, 1.165) is 0 Å². The number of fused-ring (bicyclic) bond motifs is 8. The van der Waals surface area contributed by atoms with Gasteiger partial charge in [0.05, 0.1) is 20.1 Å². The molecule has 2 N–H and O–H groups in total. The number of Topliss-reactive ketones (excluding diaryl/α,β-unsaturated/α-hetero) is 3. The van der Waals surface area contributed by atoms with Gasteiger partial charge in [-0.2, -0.15) is 0 Å². The van der Waals surface area contributed by atoms with Crippen molar-refractivity contribution in [3.05, 3.63) is 100 Å². The predicted octanol–water partition coefficient (Wildman–Crippen LogP) is 4.40. The fraction of sp³-hybridized carbons (Fsp3) is 0.303. The lowest BCUT2D eigenvalue weighted by Crippen LogP contribution is -2.68. The number of rotatable bonds is 7. The van der Waals surface area contributed by atoms with E-state index in [1.807, 2.05) is 6.07 Å². The first kappa shape index (κ1) is 26.8. The molecule has 5 atom stereocenters. The number of methoxy groups -OCH3 is 2. The molecule has 3 aromatic carbocycles. The number of aromatic hydroxyl groups is 1. The Hall–Kier alpha value is -4.43. The van der Waals surface area contributed by atoms with Crippen molar-refractivity contribution in [1.29, 1.82) is 0 Å². The molecule has 0 unspecified atom stereocenters. The number of aliphatic hydroxyl groups excluding tert-OH is 1. The van der Waals surface area contributed by atoms with E-state index >= 15 is 0 Å². The average Bonchev–Trinajstić information content (AvgIpc) is 2.98. The van der Waals surface area contributed by atoms with Crippen LogP contribution in [-0.2, 0) is 19.9 Å². The third-order valence-corrected chi connectivity index (χ3v) is 8.76. The van der Waals surface area contributed by atoms with Crippen LogP contribution in [-0.4, -0.2) is 47.9 Å². The second-order valence-corrected chi connectivity index (χ2v) is 10.7. The van der Waals surface area contributed by atoms with Crippen LogP contribution >= 0.6 is 0 Å². The third kappa shape index (κ3) is 3.74. The van der Waals surface area contributed by atoms with Crippen LogP contribution in [0, 0.1) is 18.8 Å². The van der Waals surface area contributed by atoms with Gasteiger partial charge >= 0.3 is 0 Å². The Labute approximate surface area is 237 Å². The molecule has 0 aromatic heterocycles. The normalized spacial score (nSPS) is 26.2. The zero-order valence-corrected chi connectivity index (χ0v) is 22.9. The zero-order chi connectivity index (χ0) is 29.1. The summed E-state index contributed by atoms with van der Waals surface area (Å²) >= 11 is 0. The molecule has 4 bridgehead atoms. The van der Waals surface area contributed by atoms with E-state index in [-0.39, 0.29) is 47.2 Å². The van der Waals surface area contributed by atoms with Gasteiger partial charge in [-0.05, 0) is 18.9 Å². The Balaban J connectivity index is 1.57. The van der Waals surface area contributed by atoms with Gasteiger partial charge in [-0.3, -0.25) is 14.4 Å². The van der Waals surface area contributed by atoms with Crippen LogP contribution in [0.15, 0.2) is 78.1 Å². The highest BCUT2D eigenvalue weighted by molar-refractivity contribution is 6.17. The van der Waals surface area contributed by atoms with Crippen molar-refractivity contribution in [3.63, 3.8) is 0 Å². The number of allylic oxidation sites excluding steroid dienone is 2. The summed E-state index contributed by atoms with van der Waals surface area (Å²) in [4.78, 5) is 41.6. The number of ether oxygens (including phenoxy) is 3. The monoisotopic (exact) mass is 554 g/mol. The molecule has 0 amide bonds. The second-order valence-electron chi connectivity index (χ2n) is 10.7. The Bertz CT molecular complexity index is 1590. The largest absolute Gasteiger partial charge is 0.507 e. The van der Waals surface area contributed by atoms with Crippen molar-refractivity contribution >= 4 is 17.3 Å². The number of carbonyl (C=O) groups is 3. The molecule has 0 radical (unpaired) electrons. The Morgan fingerprint density at radius 3 is 2.29 bits per heavy atom. The molecule has 8 nitrogen and oxygen atoms in total. The molecular formula is C33H30O8. The molecule has 6 rings (SSSR count). The van der Waals surface area contributed by atoms with Crippen LogP contribution in [0.3, 0.4) is 0 Å². The first-order valence-corrected chi connectivity index (χ1v) is 13.5. The van der Waals surface area contributed by atoms with Crippen molar-refractivity contribution in [3.8, 4) is 17.2 Å². The minimum atomic E-state index is -1.77. The fourth-order valence-corrected chi connectivity index (χ4v) is 6.92. The average molecular weight is 555 g/mol. The molecule has 3 aromatic rings. The molecule has 210 valence electrons. The van der Waals surface area contributed by atoms with Gasteiger partial charge in [0.2, 0.25) is 0 Å². The molecule has 8 heteroatoms. The van der Waals surface area contributed by atoms with Gasteiger partial charge in [-0.25, -0.2) is 0 Å². The molecule has 1 heterocycles. The first-order chi connectivity index (χ1) is 19.8. The number of ketones is 3. The zero-order valence-electron chi connectivity index (χ0n) is 22.9. The van der Waals surface area contributed by atoms with Crippen molar-refractivity contribution in [1.82, 2.24) is 0 Å². The fourth-order valence-electron chi connectivity index (χ4n) is 6.92. The number of carbonyl (C=O) groups excluding carboxylic acids is 3. The quantitative estimate of drug-likeness (QED) is 0.326. The SMILES string of the molecule is COC1=C(CCC(=O)c2ccccc2)C(=O)[C@@H]2C(=O)[C@H]1[C@H]1c3c(cc(O)c(C)c3OC)O[C@]2(c2ccccc2)[C@@H]1O. The van der Waals surface area contributed by atoms with Crippen molar-refractivity contribution in [2.24, 2.45) is 11.8 Å². The van der Waals surface area contributed by atoms with E-state index in [0.29, 0.717) is 22.3 Å². The van der Waals surface area contributed by atoms with Gasteiger partial charge in [0, 0.05) is 40.7 Å². The maximum Gasteiger partial charge on any atom is 0.177 e. The van der Waals surface area contributed by atoms with Crippen LogP contribution in [0.25, 0.3) is 0 Å². The van der Waals surface area contributed by atoms with E-state index in [4.69, 9.17) is 14.2 Å². The van der Waals surface area contributed by atoms with Crippen LogP contribution in [0.5, 0.6) is 17.2 Å². The summed E-state index contributed by atoms with van der Waals surface area (Å²) in [5.41, 5.74) is 0.286. The summed E-state index contributed by atoms with van der Waals surface area (Å²) in [5.74, 6) is -3.90. The predicted molar refractivity (Wildman–Crippen MR) is 148 cm³/mol. The summed E-state index contributed by atoms with van der Waals surface area (Å²) in [7, 11) is 2.83. The minimum Gasteiger partial charge on any atom is -0.507 e. The molecule has 1 fully saturated rings. The van der Waals surface area contributed by atoms with Crippen LogP contribution < -0.4 is 9.47 Å².